The molecule has 1 aromatic carbocycles. The minimum absolute atomic E-state index is 0.0344. The molecule has 2 aromatic rings. The van der Waals surface area contributed by atoms with E-state index in [0.717, 1.165) is 23.3 Å². The van der Waals surface area contributed by atoms with E-state index in [1.165, 1.54) is 0 Å². The van der Waals surface area contributed by atoms with Gasteiger partial charge in [-0.3, -0.25) is 0 Å². The Kier molecular flexibility index (Phi) is 4.22. The lowest BCUT2D eigenvalue weighted by atomic mass is 9.97. The van der Waals surface area contributed by atoms with Crippen LogP contribution in [0.4, 0.5) is 0 Å². The van der Waals surface area contributed by atoms with Crippen molar-refractivity contribution in [2.75, 3.05) is 6.61 Å². The van der Waals surface area contributed by atoms with Gasteiger partial charge in [-0.2, -0.15) is 0 Å². The van der Waals surface area contributed by atoms with Gasteiger partial charge in [0.2, 0.25) is 0 Å². The maximum Gasteiger partial charge on any atom is 0.109 e. The summed E-state index contributed by atoms with van der Waals surface area (Å²) in [5.41, 5.74) is 8.29. The fourth-order valence-electron chi connectivity index (χ4n) is 2.53. The van der Waals surface area contributed by atoms with E-state index in [9.17, 15) is 5.11 Å². The van der Waals surface area contributed by atoms with Crippen molar-refractivity contribution in [3.8, 4) is 0 Å². The summed E-state index contributed by atoms with van der Waals surface area (Å²) in [6.45, 7) is 6.27. The van der Waals surface area contributed by atoms with Gasteiger partial charge in [0, 0.05) is 12.5 Å². The molecule has 0 saturated heterocycles. The molecule has 2 atom stereocenters. The van der Waals surface area contributed by atoms with Crippen LogP contribution in [0.3, 0.4) is 0 Å². The number of nitrogens with zero attached hydrogens (tertiary/aromatic N) is 2. The van der Waals surface area contributed by atoms with E-state index < -0.39 is 0 Å². The quantitative estimate of drug-likeness (QED) is 0.866. The highest BCUT2D eigenvalue weighted by Gasteiger charge is 2.25. The molecule has 0 radical (unpaired) electrons. The summed E-state index contributed by atoms with van der Waals surface area (Å²) >= 11 is 0. The number of aliphatic hydroxyl groups excluding tert-OH is 1. The average molecular weight is 261 g/mol. The molecule has 0 aliphatic carbocycles. The first-order chi connectivity index (χ1) is 9.10. The van der Waals surface area contributed by atoms with Crippen molar-refractivity contribution >= 4 is 11.0 Å². The predicted molar refractivity (Wildman–Crippen MR) is 78.0 cm³/mol. The summed E-state index contributed by atoms with van der Waals surface area (Å²) in [5.74, 6) is 1.29. The van der Waals surface area contributed by atoms with Crippen LogP contribution < -0.4 is 5.73 Å². The molecule has 104 valence electrons. The molecule has 0 aliphatic heterocycles. The number of imidazole rings is 1. The molecule has 1 heterocycles. The van der Waals surface area contributed by atoms with Crippen molar-refractivity contribution in [1.82, 2.24) is 9.55 Å². The Balaban J connectivity index is 2.58. The number of aromatic nitrogens is 2. The summed E-state index contributed by atoms with van der Waals surface area (Å²) in [7, 11) is 0. The number of hydrogen-bond acceptors (Lipinski definition) is 3. The zero-order chi connectivity index (χ0) is 14.0. The molecule has 4 heteroatoms. The van der Waals surface area contributed by atoms with Gasteiger partial charge in [-0.05, 0) is 18.1 Å². The van der Waals surface area contributed by atoms with Crippen LogP contribution in [0.2, 0.25) is 0 Å². The number of aryl methyl sites for hydroxylation is 1. The molecule has 0 saturated carbocycles. The lowest BCUT2D eigenvalue weighted by Gasteiger charge is -2.28. The first kappa shape index (κ1) is 14.0. The number of nitrogens with two attached hydrogens (primary N) is 1. The fourth-order valence-corrected chi connectivity index (χ4v) is 2.53. The van der Waals surface area contributed by atoms with Crippen molar-refractivity contribution in [2.24, 2.45) is 11.7 Å². The van der Waals surface area contributed by atoms with Gasteiger partial charge in [-0.1, -0.05) is 32.9 Å². The monoisotopic (exact) mass is 261 g/mol. The van der Waals surface area contributed by atoms with Crippen molar-refractivity contribution in [1.29, 1.82) is 0 Å². The topological polar surface area (TPSA) is 64.1 Å². The van der Waals surface area contributed by atoms with Crippen molar-refractivity contribution < 1.29 is 5.11 Å². The number of aliphatic hydroxyl groups is 1. The van der Waals surface area contributed by atoms with Crippen LogP contribution in [0.1, 0.15) is 32.6 Å². The van der Waals surface area contributed by atoms with Crippen LogP contribution >= 0.6 is 0 Å². The Morgan fingerprint density at radius 3 is 2.58 bits per heavy atom. The van der Waals surface area contributed by atoms with Crippen LogP contribution in [-0.2, 0) is 6.42 Å². The highest BCUT2D eigenvalue weighted by molar-refractivity contribution is 5.76. The van der Waals surface area contributed by atoms with E-state index >= 15 is 0 Å². The van der Waals surface area contributed by atoms with Gasteiger partial charge in [0.15, 0.2) is 0 Å². The third-order valence-corrected chi connectivity index (χ3v) is 3.72. The van der Waals surface area contributed by atoms with Crippen LogP contribution in [0.15, 0.2) is 24.3 Å². The molecule has 0 aliphatic rings. The second-order valence-electron chi connectivity index (χ2n) is 5.31. The number of hydrogen-bond donors (Lipinski definition) is 2. The van der Waals surface area contributed by atoms with Gasteiger partial charge in [-0.15, -0.1) is 0 Å². The molecule has 4 nitrogen and oxygen atoms in total. The van der Waals surface area contributed by atoms with Gasteiger partial charge in [0.1, 0.15) is 5.82 Å². The number of fused-ring (bicyclic) bond motifs is 1. The minimum Gasteiger partial charge on any atom is -0.394 e. The molecule has 2 rings (SSSR count). The van der Waals surface area contributed by atoms with Gasteiger partial charge < -0.3 is 15.4 Å². The Labute approximate surface area is 114 Å². The van der Waals surface area contributed by atoms with Crippen molar-refractivity contribution in [3.05, 3.63) is 30.1 Å². The first-order valence-corrected chi connectivity index (χ1v) is 6.92. The number of benzene rings is 1. The molecule has 0 spiro atoms. The third kappa shape index (κ3) is 2.51. The third-order valence-electron chi connectivity index (χ3n) is 3.72. The molecular weight excluding hydrogens is 238 g/mol. The second-order valence-corrected chi connectivity index (χ2v) is 5.31. The lowest BCUT2D eigenvalue weighted by Crippen LogP contribution is -2.39. The summed E-state index contributed by atoms with van der Waals surface area (Å²) in [6.07, 6.45) is 0.829. The smallest absolute Gasteiger partial charge is 0.109 e. The van der Waals surface area contributed by atoms with E-state index in [4.69, 9.17) is 5.73 Å². The van der Waals surface area contributed by atoms with Crippen LogP contribution in [0, 0.1) is 5.92 Å². The summed E-state index contributed by atoms with van der Waals surface area (Å²) in [6, 6.07) is 7.80. The molecule has 0 fully saturated rings. The molecule has 2 unspecified atom stereocenters. The molecule has 0 amide bonds. The standard InChI is InChI=1S/C15H23N3O/c1-4-14-17-11-7-5-6-8-12(11)18(14)13(9-19)15(16)10(2)3/h5-8,10,13,15,19H,4,9,16H2,1-3H3. The largest absolute Gasteiger partial charge is 0.394 e. The maximum absolute atomic E-state index is 9.77. The lowest BCUT2D eigenvalue weighted by molar-refractivity contribution is 0.189. The van der Waals surface area contributed by atoms with E-state index in [1.54, 1.807) is 0 Å². The van der Waals surface area contributed by atoms with E-state index in [1.807, 2.05) is 24.3 Å². The molecule has 1 aromatic heterocycles. The Hall–Kier alpha value is -1.39. The second kappa shape index (κ2) is 5.72. The summed E-state index contributed by atoms with van der Waals surface area (Å²) in [4.78, 5) is 4.64. The van der Waals surface area contributed by atoms with E-state index in [-0.39, 0.29) is 18.7 Å². The van der Waals surface area contributed by atoms with Crippen molar-refractivity contribution in [3.63, 3.8) is 0 Å². The predicted octanol–water partition coefficient (Wildman–Crippen LogP) is 2.12. The molecule has 0 bridgehead atoms. The zero-order valence-corrected chi connectivity index (χ0v) is 11.9. The molecule has 3 N–H and O–H groups in total. The van der Waals surface area contributed by atoms with Crippen molar-refractivity contribution in [2.45, 2.75) is 39.3 Å². The molecule has 19 heavy (non-hydrogen) atoms. The van der Waals surface area contributed by atoms with Gasteiger partial charge >= 0.3 is 0 Å². The Morgan fingerprint density at radius 1 is 1.32 bits per heavy atom. The van der Waals surface area contributed by atoms with Gasteiger partial charge in [-0.25, -0.2) is 4.98 Å². The summed E-state index contributed by atoms with van der Waals surface area (Å²) < 4.78 is 2.11. The fraction of sp³-hybridized carbons (Fsp3) is 0.533. The zero-order valence-electron chi connectivity index (χ0n) is 11.9. The Bertz CT molecular complexity index is 547. The van der Waals surface area contributed by atoms with E-state index in [2.05, 4.69) is 30.3 Å². The van der Waals surface area contributed by atoms with Crippen LogP contribution in [0.25, 0.3) is 11.0 Å². The Morgan fingerprint density at radius 2 is 2.00 bits per heavy atom. The highest BCUT2D eigenvalue weighted by atomic mass is 16.3. The number of para-hydroxylation sites is 2. The highest BCUT2D eigenvalue weighted by Crippen LogP contribution is 2.25. The maximum atomic E-state index is 9.77. The summed E-state index contributed by atoms with van der Waals surface area (Å²) in [5, 5.41) is 9.77. The molecular formula is C15H23N3O. The van der Waals surface area contributed by atoms with Gasteiger partial charge in [0.25, 0.3) is 0 Å². The van der Waals surface area contributed by atoms with Crippen LogP contribution in [0.5, 0.6) is 0 Å². The minimum atomic E-state index is -0.123. The SMILES string of the molecule is CCc1nc2ccccc2n1C(CO)C(N)C(C)C. The van der Waals surface area contributed by atoms with Gasteiger partial charge in [0.05, 0.1) is 23.7 Å². The van der Waals surface area contributed by atoms with Crippen LogP contribution in [-0.4, -0.2) is 27.3 Å². The normalized spacial score (nSPS) is 15.1. The van der Waals surface area contributed by atoms with E-state index in [0.29, 0.717) is 5.92 Å². The first-order valence-electron chi connectivity index (χ1n) is 6.92. The number of rotatable bonds is 5. The average Bonchev–Trinajstić information content (AvgIpc) is 2.78.